The number of fused-ring (bicyclic) bond motifs is 1. The van der Waals surface area contributed by atoms with Crippen LogP contribution in [0.5, 0.6) is 0 Å². The molecule has 0 spiro atoms. The average Bonchev–Trinajstić information content (AvgIpc) is 3.77. The molecular weight excluding hydrogens is 534 g/mol. The minimum Gasteiger partial charge on any atom is -0.392 e. The number of hydrogen-bond donors (Lipinski definition) is 2. The van der Waals surface area contributed by atoms with E-state index in [1.54, 1.807) is 55.8 Å². The third kappa shape index (κ3) is 4.94. The summed E-state index contributed by atoms with van der Waals surface area (Å²) in [5.74, 6) is 0.321. The van der Waals surface area contributed by atoms with Crippen LogP contribution in [0.3, 0.4) is 0 Å². The van der Waals surface area contributed by atoms with Gasteiger partial charge < -0.3 is 15.0 Å². The number of anilines is 2. The number of benzene rings is 2. The first-order valence-corrected chi connectivity index (χ1v) is 12.3. The van der Waals surface area contributed by atoms with Crippen LogP contribution in [0.25, 0.3) is 27.6 Å². The van der Waals surface area contributed by atoms with Crippen molar-refractivity contribution in [2.75, 3.05) is 5.32 Å². The molecule has 1 saturated carbocycles. The molecule has 0 amide bonds. The maximum atomic E-state index is 15.1. The summed E-state index contributed by atoms with van der Waals surface area (Å²) >= 11 is 0. The first kappa shape index (κ1) is 26.6. The van der Waals surface area contributed by atoms with Gasteiger partial charge in [-0.25, -0.2) is 16.5 Å². The van der Waals surface area contributed by atoms with Gasteiger partial charge in [0.2, 0.25) is 0 Å². The minimum absolute atomic E-state index is 0. The summed E-state index contributed by atoms with van der Waals surface area (Å²) in [6.45, 7) is -0.374. The van der Waals surface area contributed by atoms with Gasteiger partial charge in [-0.2, -0.15) is 6.07 Å². The van der Waals surface area contributed by atoms with Crippen LogP contribution in [0.2, 0.25) is 0 Å². The van der Waals surface area contributed by atoms with E-state index >= 15 is 4.39 Å². The Balaban J connectivity index is 0.00000308. The van der Waals surface area contributed by atoms with Crippen LogP contribution in [-0.2, 0) is 32.2 Å². The number of nitrogens with zero attached hydrogens (tertiary/aromatic N) is 3. The number of aliphatic hydroxyl groups is 1. The molecule has 0 saturated heterocycles. The van der Waals surface area contributed by atoms with Crippen LogP contribution < -0.4 is 16.4 Å². The third-order valence-electron chi connectivity index (χ3n) is 6.97. The monoisotopic (exact) mass is 558 g/mol. The van der Waals surface area contributed by atoms with Crippen LogP contribution in [0.4, 0.5) is 15.9 Å². The Kier molecular flexibility index (Phi) is 7.27. The van der Waals surface area contributed by atoms with Gasteiger partial charge in [0.25, 0.3) is 11.1 Å². The van der Waals surface area contributed by atoms with E-state index in [-0.39, 0.29) is 36.1 Å². The van der Waals surface area contributed by atoms with E-state index in [1.807, 2.05) is 12.1 Å². The van der Waals surface area contributed by atoms with E-state index < -0.39 is 11.4 Å². The molecule has 195 valence electrons. The topological polar surface area (TPSA) is 89.2 Å². The van der Waals surface area contributed by atoms with Crippen LogP contribution in [-0.4, -0.2) is 19.2 Å². The van der Waals surface area contributed by atoms with Gasteiger partial charge in [0.1, 0.15) is 11.5 Å². The fraction of sp³-hybridized carbons (Fsp3) is 0.167. The zero-order valence-electron chi connectivity index (χ0n) is 21.1. The number of aliphatic hydroxyl groups excluding tert-OH is 1. The summed E-state index contributed by atoms with van der Waals surface area (Å²) in [6.07, 6.45) is 6.86. The Bertz CT molecular complexity index is 1810. The van der Waals surface area contributed by atoms with Gasteiger partial charge >= 0.3 is 0 Å². The number of aryl methyl sites for hydroxylation is 1. The molecule has 39 heavy (non-hydrogen) atoms. The largest absolute Gasteiger partial charge is 0.392 e. The zero-order chi connectivity index (χ0) is 26.4. The predicted octanol–water partition coefficient (Wildman–Crippen LogP) is 4.80. The van der Waals surface area contributed by atoms with Gasteiger partial charge in [-0.1, -0.05) is 24.4 Å². The number of hydrogen-bond acceptors (Lipinski definition) is 5. The van der Waals surface area contributed by atoms with Crippen molar-refractivity contribution in [1.82, 2.24) is 14.1 Å². The van der Waals surface area contributed by atoms with Gasteiger partial charge in [-0.05, 0) is 59.5 Å². The summed E-state index contributed by atoms with van der Waals surface area (Å²) in [7, 11) is 1.64. The predicted molar refractivity (Wildman–Crippen MR) is 144 cm³/mol. The number of rotatable bonds is 6. The summed E-state index contributed by atoms with van der Waals surface area (Å²) < 4.78 is 17.9. The molecule has 2 aromatic carbocycles. The van der Waals surface area contributed by atoms with Crippen LogP contribution in [0, 0.1) is 11.9 Å². The van der Waals surface area contributed by atoms with Crippen LogP contribution >= 0.6 is 0 Å². The standard InChI is InChI=1S/C30H24FN4O3.V/c1-34-16-21(15-25(29(34)37)33-27-7-2-3-11-32-27)22-5-4-6-26(23(22)17-36)35-12-10-19-13-20(18-8-9-18)14-24(31)28(19)30(35)38;/h2,4-7,10-16,18,36H,8-9,17H2,1H3,(H,32,33);/q-1;. The number of pyridine rings is 3. The second-order valence-electron chi connectivity index (χ2n) is 9.52. The fourth-order valence-corrected chi connectivity index (χ4v) is 4.91. The van der Waals surface area contributed by atoms with Gasteiger partial charge in [-0.3, -0.25) is 19.1 Å². The molecule has 2 N–H and O–H groups in total. The van der Waals surface area contributed by atoms with Crippen molar-refractivity contribution in [1.29, 1.82) is 0 Å². The van der Waals surface area contributed by atoms with E-state index in [1.165, 1.54) is 21.4 Å². The van der Waals surface area contributed by atoms with E-state index in [9.17, 15) is 14.7 Å². The normalized spacial score (nSPS) is 12.8. The molecule has 6 rings (SSSR count). The molecule has 0 aliphatic heterocycles. The molecule has 1 aliphatic carbocycles. The zero-order valence-corrected chi connectivity index (χ0v) is 22.5. The average molecular weight is 558 g/mol. The van der Waals surface area contributed by atoms with Crippen molar-refractivity contribution in [2.45, 2.75) is 25.4 Å². The fourth-order valence-electron chi connectivity index (χ4n) is 4.91. The molecule has 0 atom stereocenters. The molecule has 3 aromatic heterocycles. The molecular formula is C30H24FN4O3V-. The van der Waals surface area contributed by atoms with Gasteiger partial charge in [0.15, 0.2) is 0 Å². The van der Waals surface area contributed by atoms with E-state index in [2.05, 4.69) is 16.4 Å². The Morgan fingerprint density at radius 3 is 2.67 bits per heavy atom. The maximum absolute atomic E-state index is 15.1. The molecule has 1 radical (unpaired) electrons. The third-order valence-corrected chi connectivity index (χ3v) is 6.97. The molecule has 0 unspecified atom stereocenters. The van der Waals surface area contributed by atoms with Crippen LogP contribution in [0.1, 0.15) is 29.9 Å². The Hall–Kier alpha value is -3.98. The van der Waals surface area contributed by atoms with Crippen molar-refractivity contribution in [2.24, 2.45) is 7.05 Å². The smallest absolute Gasteiger partial charge is 0.273 e. The second-order valence-corrected chi connectivity index (χ2v) is 9.52. The van der Waals surface area contributed by atoms with Crippen molar-refractivity contribution in [3.63, 3.8) is 0 Å². The molecule has 3 heterocycles. The molecule has 1 aliphatic rings. The summed E-state index contributed by atoms with van der Waals surface area (Å²) in [4.78, 5) is 30.5. The SMILES string of the molecule is Cn1cc(-c2cccc(-n3ccc4cc(C5CC5)cc(F)c4c3=O)c2CO)cc(Nc2cc[c-]cn2)c1=O.[V]. The van der Waals surface area contributed by atoms with E-state index in [0.29, 0.717) is 45.2 Å². The number of aromatic nitrogens is 3. The first-order chi connectivity index (χ1) is 18.4. The Morgan fingerprint density at radius 2 is 1.95 bits per heavy atom. The summed E-state index contributed by atoms with van der Waals surface area (Å²) in [5.41, 5.74) is 2.67. The van der Waals surface area contributed by atoms with Crippen molar-refractivity contribution < 1.29 is 28.1 Å². The molecule has 1 fully saturated rings. The van der Waals surface area contributed by atoms with Gasteiger partial charge in [0.05, 0.1) is 17.7 Å². The van der Waals surface area contributed by atoms with Gasteiger partial charge in [0, 0.05) is 54.9 Å². The molecule has 9 heteroatoms. The quantitative estimate of drug-likeness (QED) is 0.293. The van der Waals surface area contributed by atoms with E-state index in [4.69, 9.17) is 0 Å². The van der Waals surface area contributed by atoms with Crippen molar-refractivity contribution in [3.05, 3.63) is 117 Å². The Labute approximate surface area is 235 Å². The summed E-state index contributed by atoms with van der Waals surface area (Å²) in [6, 6.07) is 18.3. The van der Waals surface area contributed by atoms with Crippen molar-refractivity contribution >= 4 is 22.3 Å². The number of halogens is 1. The maximum Gasteiger partial charge on any atom is 0.273 e. The minimum atomic E-state index is -0.536. The van der Waals surface area contributed by atoms with Crippen molar-refractivity contribution in [3.8, 4) is 16.8 Å². The van der Waals surface area contributed by atoms with Crippen LogP contribution in [0.15, 0.2) is 82.8 Å². The van der Waals surface area contributed by atoms with E-state index in [0.717, 1.165) is 18.4 Å². The summed E-state index contributed by atoms with van der Waals surface area (Å²) in [5, 5.41) is 14.0. The Morgan fingerprint density at radius 1 is 1.13 bits per heavy atom. The number of nitrogens with one attached hydrogen (secondary N) is 1. The first-order valence-electron chi connectivity index (χ1n) is 12.3. The second kappa shape index (κ2) is 10.7. The molecule has 5 aromatic rings. The molecule has 0 bridgehead atoms. The van der Waals surface area contributed by atoms with Gasteiger partial charge in [-0.15, -0.1) is 0 Å². The molecule has 7 nitrogen and oxygen atoms in total.